The largest absolute Gasteiger partial charge is 0.507 e. The number of carbonyl (C=O) groups excluding carboxylic acids is 2. The highest BCUT2D eigenvalue weighted by Gasteiger charge is 2.48. The second kappa shape index (κ2) is 7.57. The average Bonchev–Trinajstić information content (AvgIpc) is 2.64. The number of aromatic hydroxyl groups is 1. The van der Waals surface area contributed by atoms with Crippen LogP contribution in [0.5, 0.6) is 5.75 Å². The Kier molecular flexibility index (Phi) is 5.13. The van der Waals surface area contributed by atoms with Gasteiger partial charge in [-0.2, -0.15) is 5.10 Å². The number of aryl methyl sites for hydroxylation is 1. The maximum Gasteiger partial charge on any atom is 0.275 e. The second-order valence-corrected chi connectivity index (χ2v) is 8.96. The molecule has 28 heavy (non-hydrogen) atoms. The Labute approximate surface area is 165 Å². The molecule has 5 rings (SSSR count). The van der Waals surface area contributed by atoms with Crippen LogP contribution in [0.4, 0.5) is 0 Å². The summed E-state index contributed by atoms with van der Waals surface area (Å²) >= 11 is 0. The molecule has 0 aromatic heterocycles. The van der Waals surface area contributed by atoms with Crippen molar-refractivity contribution in [3.05, 3.63) is 29.3 Å². The molecule has 4 fully saturated rings. The Balaban J connectivity index is 1.31. The Bertz CT molecular complexity index is 789. The van der Waals surface area contributed by atoms with Crippen molar-refractivity contribution >= 4 is 17.5 Å². The van der Waals surface area contributed by atoms with Crippen LogP contribution in [0.3, 0.4) is 0 Å². The predicted molar refractivity (Wildman–Crippen MR) is 107 cm³/mol. The van der Waals surface area contributed by atoms with Crippen molar-refractivity contribution in [2.45, 2.75) is 58.4 Å². The molecule has 0 radical (unpaired) electrons. The van der Waals surface area contributed by atoms with Gasteiger partial charge in [0.2, 0.25) is 5.91 Å². The maximum atomic E-state index is 12.5. The van der Waals surface area contributed by atoms with Crippen molar-refractivity contribution in [1.82, 2.24) is 10.7 Å². The van der Waals surface area contributed by atoms with E-state index >= 15 is 0 Å². The monoisotopic (exact) mass is 383 g/mol. The first kappa shape index (κ1) is 19.0. The topological polar surface area (TPSA) is 90.8 Å². The van der Waals surface area contributed by atoms with Gasteiger partial charge in [-0.05, 0) is 81.3 Å². The molecule has 1 aromatic rings. The number of amides is 2. The van der Waals surface area contributed by atoms with Crippen LogP contribution in [0.15, 0.2) is 23.3 Å². The Morgan fingerprint density at radius 2 is 1.75 bits per heavy atom. The Hall–Kier alpha value is -2.37. The smallest absolute Gasteiger partial charge is 0.275 e. The second-order valence-electron chi connectivity index (χ2n) is 8.96. The van der Waals surface area contributed by atoms with Gasteiger partial charge in [0.1, 0.15) is 5.75 Å². The lowest BCUT2D eigenvalue weighted by Gasteiger charge is -2.54. The van der Waals surface area contributed by atoms with E-state index in [-0.39, 0.29) is 23.6 Å². The molecule has 4 aliphatic rings. The molecule has 0 saturated heterocycles. The first-order chi connectivity index (χ1) is 13.4. The molecule has 4 saturated carbocycles. The van der Waals surface area contributed by atoms with Crippen molar-refractivity contribution in [2.75, 3.05) is 0 Å². The number of phenols is 1. The van der Waals surface area contributed by atoms with Crippen molar-refractivity contribution in [2.24, 2.45) is 28.8 Å². The molecule has 0 heterocycles. The molecule has 6 nitrogen and oxygen atoms in total. The van der Waals surface area contributed by atoms with Gasteiger partial charge in [-0.25, -0.2) is 5.43 Å². The van der Waals surface area contributed by atoms with Crippen molar-refractivity contribution in [3.63, 3.8) is 0 Å². The average molecular weight is 383 g/mol. The fraction of sp³-hybridized carbons (Fsp3) is 0.591. The molecule has 3 N–H and O–H groups in total. The minimum atomic E-state index is -0.484. The van der Waals surface area contributed by atoms with Crippen LogP contribution in [-0.2, 0) is 4.79 Å². The number of phenolic OH excluding ortho intramolecular Hbond substituents is 1. The van der Waals surface area contributed by atoms with E-state index < -0.39 is 5.91 Å². The summed E-state index contributed by atoms with van der Waals surface area (Å²) in [5.41, 5.74) is 3.78. The van der Waals surface area contributed by atoms with E-state index in [1.165, 1.54) is 32.1 Å². The zero-order valence-corrected chi connectivity index (χ0v) is 16.6. The quantitative estimate of drug-likeness (QED) is 0.539. The minimum Gasteiger partial charge on any atom is -0.507 e. The molecule has 150 valence electrons. The van der Waals surface area contributed by atoms with Gasteiger partial charge in [0.15, 0.2) is 0 Å². The molecule has 0 unspecified atom stereocenters. The molecule has 1 aromatic carbocycles. The molecule has 2 amide bonds. The summed E-state index contributed by atoms with van der Waals surface area (Å²) in [5, 5.41) is 17.3. The number of hydrogen-bond acceptors (Lipinski definition) is 4. The third-order valence-corrected chi connectivity index (χ3v) is 6.80. The molecule has 6 heteroatoms. The summed E-state index contributed by atoms with van der Waals surface area (Å²) in [5.74, 6) is 2.49. The highest BCUT2D eigenvalue weighted by molar-refractivity contribution is 6.02. The van der Waals surface area contributed by atoms with Crippen LogP contribution in [0.2, 0.25) is 0 Å². The van der Waals surface area contributed by atoms with Gasteiger partial charge in [-0.15, -0.1) is 0 Å². The Morgan fingerprint density at radius 1 is 1.11 bits per heavy atom. The summed E-state index contributed by atoms with van der Waals surface area (Å²) in [6.07, 6.45) is 6.63. The van der Waals surface area contributed by atoms with E-state index in [0.717, 1.165) is 11.8 Å². The van der Waals surface area contributed by atoms with Crippen LogP contribution in [0.1, 0.15) is 61.4 Å². The summed E-state index contributed by atoms with van der Waals surface area (Å²) < 4.78 is 0. The van der Waals surface area contributed by atoms with Crippen LogP contribution in [0.25, 0.3) is 0 Å². The van der Waals surface area contributed by atoms with Gasteiger partial charge in [-0.1, -0.05) is 12.1 Å². The number of carbonyl (C=O) groups is 2. The summed E-state index contributed by atoms with van der Waals surface area (Å²) in [6, 6.07) is 5.29. The van der Waals surface area contributed by atoms with E-state index in [1.54, 1.807) is 32.0 Å². The minimum absolute atomic E-state index is 0.0219. The number of para-hydroxylation sites is 1. The van der Waals surface area contributed by atoms with E-state index in [9.17, 15) is 14.7 Å². The first-order valence-corrected chi connectivity index (χ1v) is 10.3. The van der Waals surface area contributed by atoms with Crippen LogP contribution in [-0.4, -0.2) is 28.7 Å². The molecule has 4 aliphatic carbocycles. The molecule has 0 aliphatic heterocycles. The highest BCUT2D eigenvalue weighted by atomic mass is 16.3. The van der Waals surface area contributed by atoms with Crippen molar-refractivity contribution < 1.29 is 14.7 Å². The number of benzene rings is 1. The van der Waals surface area contributed by atoms with Gasteiger partial charge in [0.25, 0.3) is 5.91 Å². The van der Waals surface area contributed by atoms with Gasteiger partial charge < -0.3 is 10.4 Å². The van der Waals surface area contributed by atoms with Gasteiger partial charge in [0.05, 0.1) is 12.0 Å². The van der Waals surface area contributed by atoms with Crippen LogP contribution < -0.4 is 10.7 Å². The molecular weight excluding hydrogens is 354 g/mol. The molecule has 0 atom stereocenters. The third-order valence-electron chi connectivity index (χ3n) is 6.80. The van der Waals surface area contributed by atoms with E-state index in [2.05, 4.69) is 15.8 Å². The van der Waals surface area contributed by atoms with Crippen LogP contribution >= 0.6 is 0 Å². The maximum absolute atomic E-state index is 12.5. The van der Waals surface area contributed by atoms with Crippen LogP contribution in [0, 0.1) is 30.6 Å². The van der Waals surface area contributed by atoms with Crippen molar-refractivity contribution in [1.29, 1.82) is 0 Å². The summed E-state index contributed by atoms with van der Waals surface area (Å²) in [7, 11) is 0. The fourth-order valence-corrected chi connectivity index (χ4v) is 5.72. The lowest BCUT2D eigenvalue weighted by Crippen LogP contribution is -2.56. The third kappa shape index (κ3) is 3.77. The standard InChI is InChI=1S/C22H29N3O3/c1-12-4-3-5-18(21(12)27)22(28)25-24-13(2)6-19(26)23-20-16-8-14-7-15(10-16)11-17(20)9-14/h3-5,14-17,20,27H,6-11H2,1-2H3,(H,23,26)(H,25,28)/b24-13+. The van der Waals surface area contributed by atoms with Gasteiger partial charge >= 0.3 is 0 Å². The summed E-state index contributed by atoms with van der Waals surface area (Å²) in [4.78, 5) is 24.7. The lowest BCUT2D eigenvalue weighted by molar-refractivity contribution is -0.123. The van der Waals surface area contributed by atoms with E-state index in [1.807, 2.05) is 0 Å². The zero-order valence-electron chi connectivity index (χ0n) is 16.6. The highest BCUT2D eigenvalue weighted by Crippen LogP contribution is 2.53. The zero-order chi connectivity index (χ0) is 19.8. The van der Waals surface area contributed by atoms with E-state index in [0.29, 0.717) is 29.2 Å². The first-order valence-electron chi connectivity index (χ1n) is 10.3. The van der Waals surface area contributed by atoms with Crippen molar-refractivity contribution in [3.8, 4) is 5.75 Å². The Morgan fingerprint density at radius 3 is 2.39 bits per heavy atom. The fourth-order valence-electron chi connectivity index (χ4n) is 5.72. The van der Waals surface area contributed by atoms with E-state index in [4.69, 9.17) is 0 Å². The molecule has 0 spiro atoms. The number of nitrogens with one attached hydrogen (secondary N) is 2. The SMILES string of the molecule is C/C(CC(=O)NC1C2CC3CC(C2)CC1C3)=N\NC(=O)c1cccc(C)c1O. The molecular formula is C22H29N3O3. The summed E-state index contributed by atoms with van der Waals surface area (Å²) in [6.45, 7) is 3.46. The normalized spacial score (nSPS) is 30.9. The lowest BCUT2D eigenvalue weighted by atomic mass is 9.54. The molecule has 4 bridgehead atoms. The van der Waals surface area contributed by atoms with Gasteiger partial charge in [0, 0.05) is 11.8 Å². The van der Waals surface area contributed by atoms with Gasteiger partial charge in [-0.3, -0.25) is 9.59 Å². The predicted octanol–water partition coefficient (Wildman–Crippen LogP) is 3.14. The number of rotatable bonds is 5. The number of hydrogen-bond donors (Lipinski definition) is 3. The number of hydrazone groups is 1. The number of nitrogens with zero attached hydrogens (tertiary/aromatic N) is 1.